The second-order valence-electron chi connectivity index (χ2n) is 5.67. The van der Waals surface area contributed by atoms with E-state index in [0.717, 1.165) is 44.0 Å². The molecule has 0 aliphatic carbocycles. The molecular formula is C17H26NO4+. The molecule has 1 aliphatic rings. The molecule has 5 heteroatoms. The second kappa shape index (κ2) is 8.03. The van der Waals surface area contributed by atoms with E-state index < -0.39 is 0 Å². The van der Waals surface area contributed by atoms with Crippen molar-refractivity contribution in [3.8, 4) is 11.5 Å². The number of hydrogen-bond acceptors (Lipinski definition) is 4. The molecule has 1 saturated heterocycles. The second-order valence-corrected chi connectivity index (χ2v) is 5.67. The van der Waals surface area contributed by atoms with Gasteiger partial charge in [0.25, 0.3) is 0 Å². The molecule has 5 nitrogen and oxygen atoms in total. The van der Waals surface area contributed by atoms with Crippen LogP contribution in [-0.2, 0) is 16.1 Å². The van der Waals surface area contributed by atoms with Crippen LogP contribution in [0.1, 0.15) is 25.3 Å². The van der Waals surface area contributed by atoms with Crippen LogP contribution in [0.25, 0.3) is 0 Å². The summed E-state index contributed by atoms with van der Waals surface area (Å²) in [7, 11) is 3.33. The normalized spacial score (nSPS) is 21.2. The van der Waals surface area contributed by atoms with Crippen molar-refractivity contribution in [3.05, 3.63) is 23.8 Å². The number of carbonyl (C=O) groups excluding carboxylic acids is 1. The van der Waals surface area contributed by atoms with Crippen LogP contribution in [0, 0.1) is 5.92 Å². The Balaban J connectivity index is 1.92. The summed E-state index contributed by atoms with van der Waals surface area (Å²) >= 11 is 0. The fourth-order valence-corrected chi connectivity index (χ4v) is 2.96. The van der Waals surface area contributed by atoms with E-state index in [-0.39, 0.29) is 11.9 Å². The Morgan fingerprint density at radius 3 is 2.23 bits per heavy atom. The van der Waals surface area contributed by atoms with Gasteiger partial charge in [-0.2, -0.15) is 0 Å². The SMILES string of the molecule is CCOC(=O)C1CC[NH+](Cc2cc(OC)cc(OC)c2)CC1. The van der Waals surface area contributed by atoms with E-state index in [1.165, 1.54) is 10.5 Å². The van der Waals surface area contributed by atoms with Gasteiger partial charge in [0.1, 0.15) is 18.0 Å². The highest BCUT2D eigenvalue weighted by atomic mass is 16.5. The van der Waals surface area contributed by atoms with Gasteiger partial charge in [0, 0.05) is 24.5 Å². The third kappa shape index (κ3) is 4.37. The molecule has 122 valence electrons. The zero-order valence-electron chi connectivity index (χ0n) is 13.7. The van der Waals surface area contributed by atoms with Gasteiger partial charge in [0.2, 0.25) is 0 Å². The number of hydrogen-bond donors (Lipinski definition) is 1. The van der Waals surface area contributed by atoms with Crippen LogP contribution in [0.2, 0.25) is 0 Å². The van der Waals surface area contributed by atoms with Crippen LogP contribution in [0.15, 0.2) is 18.2 Å². The van der Waals surface area contributed by atoms with Crippen molar-refractivity contribution in [2.75, 3.05) is 33.9 Å². The van der Waals surface area contributed by atoms with Gasteiger partial charge in [-0.15, -0.1) is 0 Å². The zero-order valence-corrected chi connectivity index (χ0v) is 13.7. The molecule has 0 radical (unpaired) electrons. The van der Waals surface area contributed by atoms with Gasteiger partial charge in [0.15, 0.2) is 0 Å². The molecule has 1 aromatic carbocycles. The average molecular weight is 308 g/mol. The molecule has 1 aliphatic heterocycles. The smallest absolute Gasteiger partial charge is 0.309 e. The Kier molecular flexibility index (Phi) is 6.07. The number of likely N-dealkylation sites (tertiary alicyclic amines) is 1. The number of piperidine rings is 1. The molecule has 0 saturated carbocycles. The lowest BCUT2D eigenvalue weighted by Crippen LogP contribution is -3.11. The molecule has 22 heavy (non-hydrogen) atoms. The van der Waals surface area contributed by atoms with E-state index in [4.69, 9.17) is 14.2 Å². The predicted molar refractivity (Wildman–Crippen MR) is 83.3 cm³/mol. The van der Waals surface area contributed by atoms with Gasteiger partial charge < -0.3 is 19.1 Å². The van der Waals surface area contributed by atoms with Crippen LogP contribution in [0.5, 0.6) is 11.5 Å². The number of quaternary nitrogens is 1. The fraction of sp³-hybridized carbons (Fsp3) is 0.588. The van der Waals surface area contributed by atoms with Crippen LogP contribution in [0.4, 0.5) is 0 Å². The molecule has 1 heterocycles. The van der Waals surface area contributed by atoms with Gasteiger partial charge in [-0.25, -0.2) is 0 Å². The lowest BCUT2D eigenvalue weighted by Gasteiger charge is -2.28. The minimum atomic E-state index is -0.0374. The van der Waals surface area contributed by atoms with Crippen LogP contribution >= 0.6 is 0 Å². The van der Waals surface area contributed by atoms with Crippen LogP contribution in [0.3, 0.4) is 0 Å². The number of benzene rings is 1. The number of methoxy groups -OCH3 is 2. The van der Waals surface area contributed by atoms with E-state index in [1.54, 1.807) is 14.2 Å². The van der Waals surface area contributed by atoms with Crippen molar-refractivity contribution in [1.82, 2.24) is 0 Å². The third-order valence-electron chi connectivity index (χ3n) is 4.18. The van der Waals surface area contributed by atoms with Crippen molar-refractivity contribution in [1.29, 1.82) is 0 Å². The number of rotatable bonds is 6. The molecule has 0 spiro atoms. The fourth-order valence-electron chi connectivity index (χ4n) is 2.96. The molecule has 0 aromatic heterocycles. The number of carbonyl (C=O) groups is 1. The molecule has 1 N–H and O–H groups in total. The summed E-state index contributed by atoms with van der Waals surface area (Å²) in [5, 5.41) is 0. The first-order valence-electron chi connectivity index (χ1n) is 7.88. The lowest BCUT2D eigenvalue weighted by molar-refractivity contribution is -0.919. The van der Waals surface area contributed by atoms with E-state index >= 15 is 0 Å². The Hall–Kier alpha value is -1.75. The Bertz CT molecular complexity index is 473. The minimum absolute atomic E-state index is 0.0374. The summed E-state index contributed by atoms with van der Waals surface area (Å²) in [4.78, 5) is 13.2. The van der Waals surface area contributed by atoms with Gasteiger partial charge in [-0.1, -0.05) is 0 Å². The molecular weight excluding hydrogens is 282 g/mol. The summed E-state index contributed by atoms with van der Waals surface area (Å²) in [6, 6.07) is 5.98. The van der Waals surface area contributed by atoms with Gasteiger partial charge in [-0.05, 0) is 19.1 Å². The maximum absolute atomic E-state index is 11.8. The van der Waals surface area contributed by atoms with Crippen molar-refractivity contribution >= 4 is 5.97 Å². The Labute approximate surface area is 132 Å². The first-order chi connectivity index (χ1) is 10.7. The molecule has 0 bridgehead atoms. The Morgan fingerprint density at radius 1 is 1.14 bits per heavy atom. The summed E-state index contributed by atoms with van der Waals surface area (Å²) in [5.41, 5.74) is 1.20. The van der Waals surface area contributed by atoms with E-state index in [9.17, 15) is 4.79 Å². The summed E-state index contributed by atoms with van der Waals surface area (Å²) in [6.07, 6.45) is 1.80. The highest BCUT2D eigenvalue weighted by Gasteiger charge is 2.28. The highest BCUT2D eigenvalue weighted by Crippen LogP contribution is 2.22. The first-order valence-corrected chi connectivity index (χ1v) is 7.88. The van der Waals surface area contributed by atoms with Crippen molar-refractivity contribution in [2.45, 2.75) is 26.3 Å². The molecule has 1 fully saturated rings. The largest absolute Gasteiger partial charge is 0.497 e. The average Bonchev–Trinajstić information content (AvgIpc) is 2.55. The summed E-state index contributed by atoms with van der Waals surface area (Å²) in [5.74, 6) is 1.67. The Morgan fingerprint density at radius 2 is 1.73 bits per heavy atom. The van der Waals surface area contributed by atoms with Crippen molar-refractivity contribution in [2.24, 2.45) is 5.92 Å². The van der Waals surface area contributed by atoms with E-state index in [1.807, 2.05) is 25.1 Å². The van der Waals surface area contributed by atoms with Crippen molar-refractivity contribution < 1.29 is 23.9 Å². The van der Waals surface area contributed by atoms with Gasteiger partial charge in [0.05, 0.1) is 39.8 Å². The summed E-state index contributed by atoms with van der Waals surface area (Å²) < 4.78 is 15.7. The van der Waals surface area contributed by atoms with Gasteiger partial charge >= 0.3 is 5.97 Å². The van der Waals surface area contributed by atoms with E-state index in [0.29, 0.717) is 6.61 Å². The monoisotopic (exact) mass is 308 g/mol. The maximum Gasteiger partial charge on any atom is 0.309 e. The number of ether oxygens (including phenoxy) is 3. The number of esters is 1. The zero-order chi connectivity index (χ0) is 15.9. The number of nitrogens with one attached hydrogen (secondary N) is 1. The van der Waals surface area contributed by atoms with Crippen LogP contribution < -0.4 is 14.4 Å². The molecule has 0 amide bonds. The van der Waals surface area contributed by atoms with E-state index in [2.05, 4.69) is 0 Å². The standard InChI is InChI=1S/C17H25NO4/c1-4-22-17(19)14-5-7-18(8-6-14)12-13-9-15(20-2)11-16(10-13)21-3/h9-11,14H,4-8,12H2,1-3H3/p+1. The minimum Gasteiger partial charge on any atom is -0.497 e. The molecule has 0 atom stereocenters. The predicted octanol–water partition coefficient (Wildman–Crippen LogP) is 1.06. The molecule has 0 unspecified atom stereocenters. The first kappa shape index (κ1) is 16.6. The quantitative estimate of drug-likeness (QED) is 0.799. The lowest BCUT2D eigenvalue weighted by atomic mass is 9.96. The van der Waals surface area contributed by atoms with Gasteiger partial charge in [-0.3, -0.25) is 4.79 Å². The van der Waals surface area contributed by atoms with Crippen LogP contribution in [-0.4, -0.2) is 39.9 Å². The highest BCUT2D eigenvalue weighted by molar-refractivity contribution is 5.72. The molecule has 2 rings (SSSR count). The maximum atomic E-state index is 11.8. The van der Waals surface area contributed by atoms with Crippen molar-refractivity contribution in [3.63, 3.8) is 0 Å². The molecule has 1 aromatic rings. The third-order valence-corrected chi connectivity index (χ3v) is 4.18. The summed E-state index contributed by atoms with van der Waals surface area (Å²) in [6.45, 7) is 5.22. The topological polar surface area (TPSA) is 49.2 Å².